The Morgan fingerprint density at radius 1 is 1.06 bits per heavy atom. The summed E-state index contributed by atoms with van der Waals surface area (Å²) in [4.78, 5) is 32.0. The summed E-state index contributed by atoms with van der Waals surface area (Å²) in [6, 6.07) is 15.2. The van der Waals surface area contributed by atoms with Crippen LogP contribution in [0.25, 0.3) is 5.76 Å². The van der Waals surface area contributed by atoms with E-state index in [2.05, 4.69) is 4.98 Å². The molecule has 1 unspecified atom stereocenters. The average molecular weight is 444 g/mol. The van der Waals surface area contributed by atoms with Gasteiger partial charge in [-0.25, -0.2) is 0 Å². The number of Topliss-reactive ketones (excluding diaryl/α,β-unsaturated/α-hetero) is 1. The molecule has 4 rings (SSSR count). The number of nitrogens with zero attached hydrogens (tertiary/aromatic N) is 2. The number of hydrogen-bond acceptors (Lipinski definition) is 6. The van der Waals surface area contributed by atoms with Gasteiger partial charge in [0.25, 0.3) is 11.7 Å². The van der Waals surface area contributed by atoms with E-state index in [4.69, 9.17) is 9.47 Å². The van der Waals surface area contributed by atoms with E-state index in [0.29, 0.717) is 22.6 Å². The van der Waals surface area contributed by atoms with Crippen LogP contribution in [0.1, 0.15) is 28.3 Å². The summed E-state index contributed by atoms with van der Waals surface area (Å²) in [7, 11) is 3.03. The summed E-state index contributed by atoms with van der Waals surface area (Å²) >= 11 is 0. The zero-order chi connectivity index (χ0) is 23.5. The van der Waals surface area contributed by atoms with E-state index >= 15 is 0 Å². The number of hydrogen-bond donors (Lipinski definition) is 1. The summed E-state index contributed by atoms with van der Waals surface area (Å²) < 4.78 is 10.8. The summed E-state index contributed by atoms with van der Waals surface area (Å²) in [5, 5.41) is 11.3. The fraction of sp³-hybridized carbons (Fsp3) is 0.192. The van der Waals surface area contributed by atoms with Crippen LogP contribution in [-0.4, -0.2) is 40.9 Å². The molecule has 7 nitrogen and oxygen atoms in total. The molecule has 3 aromatic rings. The number of aliphatic hydroxyl groups is 1. The molecule has 0 saturated carbocycles. The first-order valence-corrected chi connectivity index (χ1v) is 10.4. The molecule has 33 heavy (non-hydrogen) atoms. The van der Waals surface area contributed by atoms with E-state index in [1.807, 2.05) is 19.1 Å². The van der Waals surface area contributed by atoms with Crippen LogP contribution in [0.5, 0.6) is 11.5 Å². The average Bonchev–Trinajstić information content (AvgIpc) is 3.09. The van der Waals surface area contributed by atoms with Crippen molar-refractivity contribution in [1.82, 2.24) is 9.88 Å². The Balaban J connectivity index is 1.92. The van der Waals surface area contributed by atoms with Crippen molar-refractivity contribution in [3.8, 4) is 11.5 Å². The van der Waals surface area contributed by atoms with Crippen LogP contribution in [0.2, 0.25) is 0 Å². The molecule has 0 spiro atoms. The maximum atomic E-state index is 13.2. The number of carbonyl (C=O) groups excluding carboxylic acids is 2. The Kier molecular flexibility index (Phi) is 6.13. The van der Waals surface area contributed by atoms with Crippen molar-refractivity contribution >= 4 is 17.4 Å². The van der Waals surface area contributed by atoms with Gasteiger partial charge in [0.2, 0.25) is 0 Å². The normalized spacial score (nSPS) is 17.3. The SMILES string of the molecule is COc1cccc(C2/C(=C(\O)c3cc(C)ccc3OC)C(=O)C(=O)N2Cc2cccnc2)c1. The first-order valence-electron chi connectivity index (χ1n) is 10.4. The number of ether oxygens (including phenoxy) is 2. The number of aromatic nitrogens is 1. The second kappa shape index (κ2) is 9.16. The zero-order valence-electron chi connectivity index (χ0n) is 18.6. The Hall–Kier alpha value is -4.13. The van der Waals surface area contributed by atoms with Gasteiger partial charge in [-0.1, -0.05) is 29.8 Å². The van der Waals surface area contributed by atoms with Crippen molar-refractivity contribution in [2.45, 2.75) is 19.5 Å². The minimum absolute atomic E-state index is 0.000966. The Labute approximate surface area is 191 Å². The molecule has 1 aromatic heterocycles. The van der Waals surface area contributed by atoms with Gasteiger partial charge in [0.05, 0.1) is 31.4 Å². The first-order chi connectivity index (χ1) is 15.9. The Bertz CT molecular complexity index is 1240. The van der Waals surface area contributed by atoms with Crippen LogP contribution in [0.15, 0.2) is 72.6 Å². The van der Waals surface area contributed by atoms with Gasteiger partial charge in [-0.3, -0.25) is 14.6 Å². The Morgan fingerprint density at radius 3 is 2.58 bits per heavy atom. The molecule has 0 radical (unpaired) electrons. The fourth-order valence-corrected chi connectivity index (χ4v) is 4.04. The highest BCUT2D eigenvalue weighted by atomic mass is 16.5. The molecule has 0 bridgehead atoms. The number of pyridine rings is 1. The summed E-state index contributed by atoms with van der Waals surface area (Å²) in [6.45, 7) is 2.03. The number of aryl methyl sites for hydroxylation is 1. The lowest BCUT2D eigenvalue weighted by atomic mass is 9.94. The lowest BCUT2D eigenvalue weighted by Crippen LogP contribution is -2.29. The molecule has 1 aliphatic heterocycles. The standard InChI is InChI=1S/C26H24N2O5/c1-16-9-10-21(33-3)20(12-16)24(29)22-23(18-7-4-8-19(13-18)32-2)28(26(31)25(22)30)15-17-6-5-11-27-14-17/h4-14,23,29H,15H2,1-3H3/b24-22+. The number of amides is 1. The van der Waals surface area contributed by atoms with Gasteiger partial charge in [-0.05, 0) is 48.4 Å². The van der Waals surface area contributed by atoms with Crippen LogP contribution in [0.3, 0.4) is 0 Å². The van der Waals surface area contributed by atoms with Crippen molar-refractivity contribution in [1.29, 1.82) is 0 Å². The molecular formula is C26H24N2O5. The predicted octanol–water partition coefficient (Wildman–Crippen LogP) is 4.03. The van der Waals surface area contributed by atoms with Gasteiger partial charge in [0.15, 0.2) is 0 Å². The van der Waals surface area contributed by atoms with Crippen molar-refractivity contribution in [2.24, 2.45) is 0 Å². The second-order valence-corrected chi connectivity index (χ2v) is 7.77. The third kappa shape index (κ3) is 4.17. The van der Waals surface area contributed by atoms with Crippen molar-refractivity contribution < 1.29 is 24.2 Å². The van der Waals surface area contributed by atoms with Gasteiger partial charge >= 0.3 is 0 Å². The number of benzene rings is 2. The lowest BCUT2D eigenvalue weighted by Gasteiger charge is -2.25. The maximum absolute atomic E-state index is 13.2. The first kappa shape index (κ1) is 22.1. The van der Waals surface area contributed by atoms with Crippen LogP contribution in [0, 0.1) is 6.92 Å². The molecule has 7 heteroatoms. The van der Waals surface area contributed by atoms with Crippen LogP contribution >= 0.6 is 0 Å². The molecule has 1 aliphatic rings. The highest BCUT2D eigenvalue weighted by Gasteiger charge is 2.46. The quantitative estimate of drug-likeness (QED) is 0.351. The minimum Gasteiger partial charge on any atom is -0.507 e. The number of aliphatic hydroxyl groups excluding tert-OH is 1. The molecule has 1 N–H and O–H groups in total. The molecule has 1 saturated heterocycles. The van der Waals surface area contributed by atoms with E-state index in [1.165, 1.54) is 12.0 Å². The monoisotopic (exact) mass is 444 g/mol. The molecule has 2 aromatic carbocycles. The molecule has 1 fully saturated rings. The molecule has 0 aliphatic carbocycles. The maximum Gasteiger partial charge on any atom is 0.295 e. The van der Waals surface area contributed by atoms with Gasteiger partial charge in [-0.2, -0.15) is 0 Å². The molecular weight excluding hydrogens is 420 g/mol. The smallest absolute Gasteiger partial charge is 0.295 e. The largest absolute Gasteiger partial charge is 0.507 e. The van der Waals surface area contributed by atoms with Gasteiger partial charge in [0, 0.05) is 18.9 Å². The molecule has 1 amide bonds. The summed E-state index contributed by atoms with van der Waals surface area (Å²) in [6.07, 6.45) is 3.28. The summed E-state index contributed by atoms with van der Waals surface area (Å²) in [5.74, 6) is -0.753. The number of rotatable bonds is 6. The number of likely N-dealkylation sites (tertiary alicyclic amines) is 1. The van der Waals surface area contributed by atoms with Crippen LogP contribution in [-0.2, 0) is 16.1 Å². The van der Waals surface area contributed by atoms with E-state index < -0.39 is 17.7 Å². The highest BCUT2D eigenvalue weighted by molar-refractivity contribution is 6.46. The van der Waals surface area contributed by atoms with E-state index in [0.717, 1.165) is 11.1 Å². The van der Waals surface area contributed by atoms with Crippen molar-refractivity contribution in [3.63, 3.8) is 0 Å². The van der Waals surface area contributed by atoms with E-state index in [-0.39, 0.29) is 17.9 Å². The third-order valence-corrected chi connectivity index (χ3v) is 5.64. The van der Waals surface area contributed by atoms with Crippen LogP contribution < -0.4 is 9.47 Å². The van der Waals surface area contributed by atoms with Gasteiger partial charge < -0.3 is 19.5 Å². The number of ketones is 1. The lowest BCUT2D eigenvalue weighted by molar-refractivity contribution is -0.140. The topological polar surface area (TPSA) is 89.0 Å². The number of methoxy groups -OCH3 is 2. The van der Waals surface area contributed by atoms with Gasteiger partial charge in [0.1, 0.15) is 17.3 Å². The van der Waals surface area contributed by atoms with Crippen molar-refractivity contribution in [2.75, 3.05) is 14.2 Å². The van der Waals surface area contributed by atoms with Crippen LogP contribution in [0.4, 0.5) is 0 Å². The highest BCUT2D eigenvalue weighted by Crippen LogP contribution is 2.42. The second-order valence-electron chi connectivity index (χ2n) is 7.77. The van der Waals surface area contributed by atoms with E-state index in [9.17, 15) is 14.7 Å². The number of carbonyl (C=O) groups is 2. The minimum atomic E-state index is -0.814. The fourth-order valence-electron chi connectivity index (χ4n) is 4.04. The Morgan fingerprint density at radius 2 is 1.88 bits per heavy atom. The summed E-state index contributed by atoms with van der Waals surface area (Å²) in [5.41, 5.74) is 2.64. The van der Waals surface area contributed by atoms with E-state index in [1.54, 1.807) is 62.0 Å². The van der Waals surface area contributed by atoms with Gasteiger partial charge in [-0.15, -0.1) is 0 Å². The predicted molar refractivity (Wildman–Crippen MR) is 123 cm³/mol. The van der Waals surface area contributed by atoms with Crippen molar-refractivity contribution in [3.05, 3.63) is 94.8 Å². The molecule has 168 valence electrons. The zero-order valence-corrected chi connectivity index (χ0v) is 18.6. The third-order valence-electron chi connectivity index (χ3n) is 5.64. The molecule has 1 atom stereocenters. The molecule has 2 heterocycles.